The average Bonchev–Trinajstić information content (AvgIpc) is 2.88. The summed E-state index contributed by atoms with van der Waals surface area (Å²) < 4.78 is 10.9. The van der Waals surface area contributed by atoms with Crippen LogP contribution in [-0.2, 0) is 21.6 Å². The summed E-state index contributed by atoms with van der Waals surface area (Å²) in [5.74, 6) is 0.810. The van der Waals surface area contributed by atoms with Gasteiger partial charge in [0.25, 0.3) is 6.47 Å². The molecule has 36 heavy (non-hydrogen) atoms. The number of aromatic nitrogens is 1. The first-order valence-electron chi connectivity index (χ1n) is 12.7. The first kappa shape index (κ1) is 27.4. The number of carbonyl (C=O) groups is 1. The Hall–Kier alpha value is -3.18. The zero-order valence-corrected chi connectivity index (χ0v) is 22.4. The Morgan fingerprint density at radius 1 is 0.944 bits per heavy atom. The smallest absolute Gasteiger partial charge is 0.293 e. The van der Waals surface area contributed by atoms with E-state index in [4.69, 9.17) is 9.47 Å². The third-order valence-corrected chi connectivity index (χ3v) is 7.21. The van der Waals surface area contributed by atoms with Crippen molar-refractivity contribution in [1.29, 1.82) is 0 Å². The second-order valence-corrected chi connectivity index (χ2v) is 10.5. The SMILES string of the molecule is CCC(CC)(c1ccc(-c2cncc(COC=O)c2)cc1)c1ccc(OCC(O)C(C)(C)C)c(C)c1. The molecule has 0 amide bonds. The van der Waals surface area contributed by atoms with Gasteiger partial charge >= 0.3 is 0 Å². The van der Waals surface area contributed by atoms with Crippen LogP contribution < -0.4 is 4.74 Å². The summed E-state index contributed by atoms with van der Waals surface area (Å²) in [6.07, 6.45) is 4.93. The molecule has 0 spiro atoms. The number of rotatable bonds is 11. The van der Waals surface area contributed by atoms with E-state index in [1.807, 2.05) is 39.1 Å². The van der Waals surface area contributed by atoms with Crippen molar-refractivity contribution in [2.24, 2.45) is 5.41 Å². The molecule has 0 aliphatic carbocycles. The molecule has 0 bridgehead atoms. The molecule has 2 aromatic carbocycles. The van der Waals surface area contributed by atoms with Crippen molar-refractivity contribution in [1.82, 2.24) is 4.98 Å². The zero-order valence-electron chi connectivity index (χ0n) is 22.4. The fraction of sp³-hybridized carbons (Fsp3) is 0.419. The lowest BCUT2D eigenvalue weighted by atomic mass is 9.70. The maximum Gasteiger partial charge on any atom is 0.293 e. The van der Waals surface area contributed by atoms with E-state index < -0.39 is 6.10 Å². The molecule has 5 nitrogen and oxygen atoms in total. The van der Waals surface area contributed by atoms with Crippen LogP contribution in [0.5, 0.6) is 5.75 Å². The summed E-state index contributed by atoms with van der Waals surface area (Å²) in [6.45, 7) is 13.5. The molecule has 1 N–H and O–H groups in total. The van der Waals surface area contributed by atoms with Gasteiger partial charge in [-0.3, -0.25) is 9.78 Å². The van der Waals surface area contributed by atoms with Gasteiger partial charge in [-0.15, -0.1) is 0 Å². The quantitative estimate of drug-likeness (QED) is 0.307. The highest BCUT2D eigenvalue weighted by atomic mass is 16.5. The zero-order chi connectivity index (χ0) is 26.3. The largest absolute Gasteiger partial charge is 0.491 e. The third kappa shape index (κ3) is 6.14. The Morgan fingerprint density at radius 2 is 1.61 bits per heavy atom. The summed E-state index contributed by atoms with van der Waals surface area (Å²) in [7, 11) is 0. The summed E-state index contributed by atoms with van der Waals surface area (Å²) in [4.78, 5) is 14.8. The molecule has 0 saturated carbocycles. The van der Waals surface area contributed by atoms with E-state index >= 15 is 0 Å². The fourth-order valence-electron chi connectivity index (χ4n) is 4.60. The van der Waals surface area contributed by atoms with Gasteiger partial charge in [0.2, 0.25) is 0 Å². The van der Waals surface area contributed by atoms with Gasteiger partial charge in [-0.2, -0.15) is 0 Å². The molecule has 0 fully saturated rings. The van der Waals surface area contributed by atoms with Crippen molar-refractivity contribution in [3.63, 3.8) is 0 Å². The highest BCUT2D eigenvalue weighted by molar-refractivity contribution is 5.64. The van der Waals surface area contributed by atoms with Gasteiger partial charge in [0.05, 0.1) is 6.10 Å². The van der Waals surface area contributed by atoms with Crippen LogP contribution in [-0.4, -0.2) is 29.3 Å². The maximum absolute atomic E-state index is 10.5. The minimum Gasteiger partial charge on any atom is -0.491 e. The van der Waals surface area contributed by atoms with Gasteiger partial charge in [-0.1, -0.05) is 71.0 Å². The molecule has 3 rings (SSSR count). The van der Waals surface area contributed by atoms with Crippen LogP contribution in [0.3, 0.4) is 0 Å². The van der Waals surface area contributed by atoms with Crippen LogP contribution in [0.15, 0.2) is 60.9 Å². The van der Waals surface area contributed by atoms with Gasteiger partial charge in [0.1, 0.15) is 19.0 Å². The van der Waals surface area contributed by atoms with Gasteiger partial charge in [-0.05, 0) is 59.6 Å². The van der Waals surface area contributed by atoms with Gasteiger partial charge in [0, 0.05) is 28.9 Å². The van der Waals surface area contributed by atoms with Crippen molar-refractivity contribution in [3.8, 4) is 16.9 Å². The maximum atomic E-state index is 10.5. The first-order chi connectivity index (χ1) is 17.1. The normalized spacial score (nSPS) is 12.8. The molecule has 0 aliphatic rings. The van der Waals surface area contributed by atoms with E-state index in [-0.39, 0.29) is 24.0 Å². The number of aliphatic hydroxyl groups is 1. The van der Waals surface area contributed by atoms with Crippen LogP contribution in [0.1, 0.15) is 69.7 Å². The van der Waals surface area contributed by atoms with Gasteiger partial charge in [-0.25, -0.2) is 0 Å². The van der Waals surface area contributed by atoms with Crippen LogP contribution >= 0.6 is 0 Å². The average molecular weight is 490 g/mol. The Bertz CT molecular complexity index is 1140. The molecule has 192 valence electrons. The molecular formula is C31H39NO4. The van der Waals surface area contributed by atoms with Crippen LogP contribution in [0, 0.1) is 12.3 Å². The van der Waals surface area contributed by atoms with E-state index in [2.05, 4.69) is 62.2 Å². The van der Waals surface area contributed by atoms with Gasteiger partial charge in [0.15, 0.2) is 0 Å². The summed E-state index contributed by atoms with van der Waals surface area (Å²) in [5, 5.41) is 10.4. The molecule has 1 atom stereocenters. The lowest BCUT2D eigenvalue weighted by Crippen LogP contribution is -2.32. The van der Waals surface area contributed by atoms with Crippen LogP contribution in [0.4, 0.5) is 0 Å². The number of hydrogen-bond acceptors (Lipinski definition) is 5. The Labute approximate surface area is 215 Å². The molecule has 1 heterocycles. The molecular weight excluding hydrogens is 450 g/mol. The van der Waals surface area contributed by atoms with Crippen molar-refractivity contribution in [2.75, 3.05) is 6.61 Å². The Balaban J connectivity index is 1.86. The van der Waals surface area contributed by atoms with E-state index in [9.17, 15) is 9.90 Å². The predicted molar refractivity (Wildman–Crippen MR) is 144 cm³/mol. The molecule has 5 heteroatoms. The van der Waals surface area contributed by atoms with Crippen molar-refractivity contribution in [2.45, 2.75) is 72.5 Å². The number of hydrogen-bond donors (Lipinski definition) is 1. The van der Waals surface area contributed by atoms with E-state index in [0.29, 0.717) is 6.47 Å². The molecule has 0 radical (unpaired) electrons. The van der Waals surface area contributed by atoms with Crippen molar-refractivity contribution < 1.29 is 19.4 Å². The lowest BCUT2D eigenvalue weighted by Gasteiger charge is -2.34. The highest BCUT2D eigenvalue weighted by Gasteiger charge is 2.31. The molecule has 3 aromatic rings. The minimum atomic E-state index is -0.533. The number of pyridine rings is 1. The van der Waals surface area contributed by atoms with Crippen molar-refractivity contribution in [3.05, 3.63) is 83.2 Å². The number of ether oxygens (including phenoxy) is 2. The lowest BCUT2D eigenvalue weighted by molar-refractivity contribution is -0.129. The number of aryl methyl sites for hydroxylation is 1. The highest BCUT2D eigenvalue weighted by Crippen LogP contribution is 2.41. The molecule has 0 saturated heterocycles. The Morgan fingerprint density at radius 3 is 2.19 bits per heavy atom. The van der Waals surface area contributed by atoms with Gasteiger partial charge < -0.3 is 14.6 Å². The predicted octanol–water partition coefficient (Wildman–Crippen LogP) is 6.62. The Kier molecular flexibility index (Phi) is 8.91. The molecule has 1 aromatic heterocycles. The van der Waals surface area contributed by atoms with E-state index in [0.717, 1.165) is 40.8 Å². The fourth-order valence-corrected chi connectivity index (χ4v) is 4.60. The number of carbonyl (C=O) groups excluding carboxylic acids is 1. The van der Waals surface area contributed by atoms with Crippen molar-refractivity contribution >= 4 is 6.47 Å². The number of benzene rings is 2. The molecule has 0 aliphatic heterocycles. The van der Waals surface area contributed by atoms with Crippen LogP contribution in [0.25, 0.3) is 11.1 Å². The summed E-state index contributed by atoms with van der Waals surface area (Å²) in [5.41, 5.74) is 6.16. The second-order valence-electron chi connectivity index (χ2n) is 10.5. The van der Waals surface area contributed by atoms with Crippen LogP contribution in [0.2, 0.25) is 0 Å². The first-order valence-corrected chi connectivity index (χ1v) is 12.7. The van der Waals surface area contributed by atoms with E-state index in [1.165, 1.54) is 11.1 Å². The van der Waals surface area contributed by atoms with E-state index in [1.54, 1.807) is 6.20 Å². The minimum absolute atomic E-state index is 0.120. The topological polar surface area (TPSA) is 68.7 Å². The number of aliphatic hydroxyl groups excluding tert-OH is 1. The summed E-state index contributed by atoms with van der Waals surface area (Å²) >= 11 is 0. The number of nitrogens with zero attached hydrogens (tertiary/aromatic N) is 1. The standard InChI is InChI=1S/C31H39NO4/c1-7-31(8-2,27-13-14-28(22(3)15-27)36-20-29(34)30(4,5)6)26-11-9-24(10-12-26)25-16-23(17-32-18-25)19-35-21-33/h9-18,21,29,34H,7-8,19-20H2,1-6H3. The second kappa shape index (κ2) is 11.7. The molecule has 1 unspecified atom stereocenters. The third-order valence-electron chi connectivity index (χ3n) is 7.21. The summed E-state index contributed by atoms with van der Waals surface area (Å²) in [6, 6.07) is 17.1. The monoisotopic (exact) mass is 489 g/mol.